The summed E-state index contributed by atoms with van der Waals surface area (Å²) in [5.41, 5.74) is 1.68. The van der Waals surface area contributed by atoms with Crippen molar-refractivity contribution in [3.05, 3.63) is 66.2 Å². The third-order valence-corrected chi connectivity index (χ3v) is 5.77. The Hall–Kier alpha value is -2.90. The van der Waals surface area contributed by atoms with Crippen LogP contribution in [-0.2, 0) is 14.9 Å². The molecule has 152 valence electrons. The molecule has 7 heteroatoms. The summed E-state index contributed by atoms with van der Waals surface area (Å²) in [6, 6.07) is 17.0. The van der Waals surface area contributed by atoms with Crippen molar-refractivity contribution in [3.63, 3.8) is 0 Å². The average molecular weight is 413 g/mol. The van der Waals surface area contributed by atoms with E-state index >= 15 is 0 Å². The van der Waals surface area contributed by atoms with Crippen LogP contribution in [0.5, 0.6) is 5.75 Å². The fourth-order valence-electron chi connectivity index (χ4n) is 3.12. The van der Waals surface area contributed by atoms with Crippen LogP contribution in [0.15, 0.2) is 65.6 Å². The maximum absolute atomic E-state index is 12.3. The van der Waals surface area contributed by atoms with E-state index in [1.165, 1.54) is 12.1 Å². The molecular formula is C22H23NO5S. The van der Waals surface area contributed by atoms with Gasteiger partial charge in [0.2, 0.25) is 0 Å². The quantitative estimate of drug-likeness (QED) is 0.334. The molecule has 0 bridgehead atoms. The van der Waals surface area contributed by atoms with Gasteiger partial charge in [0.25, 0.3) is 10.1 Å². The van der Waals surface area contributed by atoms with E-state index in [1.54, 1.807) is 30.3 Å². The molecule has 0 heterocycles. The van der Waals surface area contributed by atoms with Gasteiger partial charge < -0.3 is 10.1 Å². The molecule has 6 nitrogen and oxygen atoms in total. The van der Waals surface area contributed by atoms with Gasteiger partial charge in [-0.2, -0.15) is 8.42 Å². The Bertz CT molecular complexity index is 1140. The van der Waals surface area contributed by atoms with Crippen molar-refractivity contribution in [3.8, 4) is 5.75 Å². The lowest BCUT2D eigenvalue weighted by molar-refractivity contribution is -0.132. The number of hydrogen-bond donors (Lipinski definition) is 2. The van der Waals surface area contributed by atoms with Crippen LogP contribution < -0.4 is 10.1 Å². The lowest BCUT2D eigenvalue weighted by atomic mass is 9.99. The molecule has 2 N–H and O–H groups in total. The van der Waals surface area contributed by atoms with Gasteiger partial charge in [0.15, 0.2) is 0 Å². The number of nitrogens with one attached hydrogen (secondary N) is 1. The number of anilines is 1. The summed E-state index contributed by atoms with van der Waals surface area (Å²) < 4.78 is 38.0. The Morgan fingerprint density at radius 2 is 1.76 bits per heavy atom. The molecule has 0 fully saturated rings. The van der Waals surface area contributed by atoms with E-state index in [0.717, 1.165) is 12.0 Å². The molecule has 0 radical (unpaired) electrons. The van der Waals surface area contributed by atoms with Gasteiger partial charge in [-0.15, -0.1) is 0 Å². The molecule has 3 rings (SSSR count). The zero-order chi connectivity index (χ0) is 21.0. The molecule has 0 spiro atoms. The Kier molecular flexibility index (Phi) is 6.20. The maximum atomic E-state index is 12.3. The van der Waals surface area contributed by atoms with Crippen LogP contribution in [0.25, 0.3) is 10.8 Å². The minimum atomic E-state index is -4.35. The largest absolute Gasteiger partial charge is 0.425 e. The monoisotopic (exact) mass is 413 g/mol. The van der Waals surface area contributed by atoms with Gasteiger partial charge in [0.05, 0.1) is 0 Å². The summed E-state index contributed by atoms with van der Waals surface area (Å²) in [5, 5.41) is 3.93. The van der Waals surface area contributed by atoms with E-state index in [0.29, 0.717) is 28.1 Å². The normalized spacial score (nSPS) is 12.5. The van der Waals surface area contributed by atoms with E-state index in [2.05, 4.69) is 19.2 Å². The number of esters is 1. The molecular weight excluding hydrogens is 390 g/mol. The van der Waals surface area contributed by atoms with Gasteiger partial charge in [-0.3, -0.25) is 4.55 Å². The van der Waals surface area contributed by atoms with E-state index in [-0.39, 0.29) is 11.4 Å². The smallest absolute Gasteiger partial charge is 0.330 e. The molecule has 0 aliphatic carbocycles. The zero-order valence-corrected chi connectivity index (χ0v) is 17.1. The molecule has 0 aliphatic heterocycles. The SMILES string of the molecule is CCC(C)c1cccc(OC(=O)CNc2cccc3c(S(=O)(=O)O)cccc23)c1. The second kappa shape index (κ2) is 8.63. The number of hydrogen-bond acceptors (Lipinski definition) is 5. The van der Waals surface area contributed by atoms with E-state index in [4.69, 9.17) is 4.74 Å². The average Bonchev–Trinajstić information content (AvgIpc) is 2.70. The molecule has 1 atom stereocenters. The molecule has 1 unspecified atom stereocenters. The zero-order valence-electron chi connectivity index (χ0n) is 16.3. The summed E-state index contributed by atoms with van der Waals surface area (Å²) in [5.74, 6) is 0.398. The van der Waals surface area contributed by atoms with Crippen LogP contribution >= 0.6 is 0 Å². The van der Waals surface area contributed by atoms with Gasteiger partial charge in [-0.05, 0) is 42.2 Å². The number of ether oxygens (including phenoxy) is 1. The van der Waals surface area contributed by atoms with Gasteiger partial charge in [-0.25, -0.2) is 4.79 Å². The second-order valence-electron chi connectivity index (χ2n) is 6.84. The molecule has 0 saturated heterocycles. The predicted octanol–water partition coefficient (Wildman–Crippen LogP) is 4.62. The number of fused-ring (bicyclic) bond motifs is 1. The van der Waals surface area contributed by atoms with Crippen LogP contribution in [-0.4, -0.2) is 25.5 Å². The molecule has 3 aromatic carbocycles. The molecule has 0 aliphatic rings. The third-order valence-electron chi connectivity index (χ3n) is 4.85. The van der Waals surface area contributed by atoms with Crippen molar-refractivity contribution in [2.24, 2.45) is 0 Å². The maximum Gasteiger partial charge on any atom is 0.330 e. The first-order chi connectivity index (χ1) is 13.8. The number of rotatable bonds is 7. The predicted molar refractivity (Wildman–Crippen MR) is 113 cm³/mol. The van der Waals surface area contributed by atoms with Gasteiger partial charge >= 0.3 is 5.97 Å². The first-order valence-corrected chi connectivity index (χ1v) is 10.8. The van der Waals surface area contributed by atoms with Crippen molar-refractivity contribution >= 4 is 32.5 Å². The highest BCUT2D eigenvalue weighted by molar-refractivity contribution is 7.86. The Labute approximate surface area is 170 Å². The highest BCUT2D eigenvalue weighted by atomic mass is 32.2. The summed E-state index contributed by atoms with van der Waals surface area (Å²) in [4.78, 5) is 12.1. The Morgan fingerprint density at radius 3 is 2.48 bits per heavy atom. The summed E-state index contributed by atoms with van der Waals surface area (Å²) >= 11 is 0. The molecule has 0 saturated carbocycles. The van der Waals surface area contributed by atoms with Crippen LogP contribution in [0.4, 0.5) is 5.69 Å². The van der Waals surface area contributed by atoms with E-state index < -0.39 is 16.1 Å². The minimum absolute atomic E-state index is 0.0945. The lowest BCUT2D eigenvalue weighted by Gasteiger charge is -2.13. The number of carbonyl (C=O) groups is 1. The van der Waals surface area contributed by atoms with Crippen LogP contribution in [0, 0.1) is 0 Å². The molecule has 29 heavy (non-hydrogen) atoms. The van der Waals surface area contributed by atoms with Crippen LogP contribution in [0.1, 0.15) is 31.7 Å². The van der Waals surface area contributed by atoms with Gasteiger partial charge in [0.1, 0.15) is 17.2 Å². The molecule has 0 amide bonds. The fourth-order valence-corrected chi connectivity index (χ4v) is 3.82. The fraction of sp³-hybridized carbons (Fsp3) is 0.227. The van der Waals surface area contributed by atoms with Crippen LogP contribution in [0.2, 0.25) is 0 Å². The molecule has 0 aromatic heterocycles. The van der Waals surface area contributed by atoms with Gasteiger partial charge in [-0.1, -0.05) is 50.2 Å². The Balaban J connectivity index is 1.75. The first-order valence-electron chi connectivity index (χ1n) is 9.33. The van der Waals surface area contributed by atoms with Crippen molar-refractivity contribution in [1.29, 1.82) is 0 Å². The second-order valence-corrected chi connectivity index (χ2v) is 8.23. The topological polar surface area (TPSA) is 92.7 Å². The first kappa shape index (κ1) is 20.8. The standard InChI is InChI=1S/C22H23NO5S/c1-3-15(2)16-7-4-8-17(13-16)28-22(24)14-23-20-11-5-10-19-18(20)9-6-12-21(19)29(25,26)27/h4-13,15,23H,3,14H2,1-2H3,(H,25,26,27). The molecule has 3 aromatic rings. The number of carbonyl (C=O) groups excluding carboxylic acids is 1. The summed E-state index contributed by atoms with van der Waals surface area (Å²) in [6.45, 7) is 4.12. The third kappa shape index (κ3) is 4.93. The van der Waals surface area contributed by atoms with Gasteiger partial charge in [0, 0.05) is 16.5 Å². The highest BCUT2D eigenvalue weighted by Crippen LogP contribution is 2.29. The van der Waals surface area contributed by atoms with Crippen molar-refractivity contribution in [1.82, 2.24) is 0 Å². The lowest BCUT2D eigenvalue weighted by Crippen LogP contribution is -2.19. The van der Waals surface area contributed by atoms with E-state index in [9.17, 15) is 17.8 Å². The minimum Gasteiger partial charge on any atom is -0.425 e. The van der Waals surface area contributed by atoms with Crippen molar-refractivity contribution < 1.29 is 22.5 Å². The summed E-state index contributed by atoms with van der Waals surface area (Å²) in [6.07, 6.45) is 0.992. The highest BCUT2D eigenvalue weighted by Gasteiger charge is 2.15. The Morgan fingerprint density at radius 1 is 1.07 bits per heavy atom. The summed E-state index contributed by atoms with van der Waals surface area (Å²) in [7, 11) is -4.35. The van der Waals surface area contributed by atoms with E-state index in [1.807, 2.05) is 18.2 Å². The van der Waals surface area contributed by atoms with Crippen molar-refractivity contribution in [2.75, 3.05) is 11.9 Å². The number of benzene rings is 3. The van der Waals surface area contributed by atoms with Crippen molar-refractivity contribution in [2.45, 2.75) is 31.1 Å². The van der Waals surface area contributed by atoms with Crippen LogP contribution in [0.3, 0.4) is 0 Å².